The second kappa shape index (κ2) is 11.7. The van der Waals surface area contributed by atoms with Gasteiger partial charge >= 0.3 is 0 Å². The quantitative estimate of drug-likeness (QED) is 0.170. The molecule has 0 aliphatic carbocycles. The Labute approximate surface area is 304 Å². The molecule has 2 aromatic heterocycles. The lowest BCUT2D eigenvalue weighted by atomic mass is 9.91. The summed E-state index contributed by atoms with van der Waals surface area (Å²) in [5.41, 5.74) is 9.80. The Balaban J connectivity index is 1.20. The SMILES string of the molecule is c1ccc(-c2nc3ccc4cc(-c5ccc6ccccc6c5)c5ccc(N(c6ccccc6)c6ccc7oc8ccccc8c7c6)cc5c4c3o2)cc1. The number of furan rings is 1. The van der Waals surface area contributed by atoms with Crippen LogP contribution in [-0.4, -0.2) is 4.98 Å². The molecule has 0 radical (unpaired) electrons. The average molecular weight is 679 g/mol. The number of nitrogens with zero attached hydrogens (tertiary/aromatic N) is 2. The molecular weight excluding hydrogens is 649 g/mol. The first kappa shape index (κ1) is 29.5. The number of hydrogen-bond donors (Lipinski definition) is 0. The van der Waals surface area contributed by atoms with E-state index in [1.54, 1.807) is 0 Å². The van der Waals surface area contributed by atoms with Gasteiger partial charge in [-0.3, -0.25) is 0 Å². The summed E-state index contributed by atoms with van der Waals surface area (Å²) in [5.74, 6) is 0.613. The third-order valence-electron chi connectivity index (χ3n) is 10.4. The van der Waals surface area contributed by atoms with E-state index in [9.17, 15) is 0 Å². The maximum Gasteiger partial charge on any atom is 0.227 e. The van der Waals surface area contributed by atoms with E-state index in [1.165, 1.54) is 21.9 Å². The molecule has 0 amide bonds. The lowest BCUT2D eigenvalue weighted by Crippen LogP contribution is -2.09. The van der Waals surface area contributed by atoms with Gasteiger partial charge in [0.05, 0.1) is 0 Å². The lowest BCUT2D eigenvalue weighted by Gasteiger charge is -2.26. The Morgan fingerprint density at radius 2 is 1.09 bits per heavy atom. The van der Waals surface area contributed by atoms with Gasteiger partial charge in [-0.05, 0) is 117 Å². The molecule has 53 heavy (non-hydrogen) atoms. The zero-order valence-corrected chi connectivity index (χ0v) is 28.5. The van der Waals surface area contributed by atoms with Crippen molar-refractivity contribution in [3.8, 4) is 22.6 Å². The molecule has 0 fully saturated rings. The van der Waals surface area contributed by atoms with Gasteiger partial charge in [-0.1, -0.05) is 103 Å². The van der Waals surface area contributed by atoms with Crippen molar-refractivity contribution in [2.45, 2.75) is 0 Å². The average Bonchev–Trinajstić information content (AvgIpc) is 3.83. The van der Waals surface area contributed by atoms with Crippen molar-refractivity contribution < 1.29 is 8.83 Å². The highest BCUT2D eigenvalue weighted by molar-refractivity contribution is 6.22. The Bertz CT molecular complexity index is 3180. The van der Waals surface area contributed by atoms with Crippen LogP contribution in [0, 0.1) is 0 Å². The Morgan fingerprint density at radius 1 is 0.396 bits per heavy atom. The van der Waals surface area contributed by atoms with Crippen molar-refractivity contribution in [2.24, 2.45) is 0 Å². The smallest absolute Gasteiger partial charge is 0.227 e. The highest BCUT2D eigenvalue weighted by Gasteiger charge is 2.20. The molecule has 0 N–H and O–H groups in total. The Kier molecular flexibility index (Phi) is 6.52. The minimum absolute atomic E-state index is 0.613. The first-order valence-corrected chi connectivity index (χ1v) is 17.9. The monoisotopic (exact) mass is 678 g/mol. The molecule has 0 saturated heterocycles. The summed E-state index contributed by atoms with van der Waals surface area (Å²) in [6, 6.07) is 64.0. The number of hydrogen-bond acceptors (Lipinski definition) is 4. The van der Waals surface area contributed by atoms with Crippen LogP contribution in [0.25, 0.3) is 87.9 Å². The maximum atomic E-state index is 6.69. The molecule has 11 rings (SSSR count). The van der Waals surface area contributed by atoms with Gasteiger partial charge in [0.15, 0.2) is 5.58 Å². The van der Waals surface area contributed by atoms with Crippen molar-refractivity contribution in [3.05, 3.63) is 182 Å². The largest absolute Gasteiger partial charge is 0.456 e. The van der Waals surface area contributed by atoms with Crippen molar-refractivity contribution >= 4 is 82.4 Å². The fourth-order valence-electron chi connectivity index (χ4n) is 7.93. The molecule has 0 unspecified atom stereocenters. The number of anilines is 3. The van der Waals surface area contributed by atoms with Crippen LogP contribution < -0.4 is 4.90 Å². The molecular formula is C49H30N2O2. The summed E-state index contributed by atoms with van der Waals surface area (Å²) in [4.78, 5) is 7.29. The minimum Gasteiger partial charge on any atom is -0.456 e. The minimum atomic E-state index is 0.613. The molecule has 0 aliphatic heterocycles. The van der Waals surface area contributed by atoms with Crippen LogP contribution in [0.5, 0.6) is 0 Å². The second-order valence-corrected chi connectivity index (χ2v) is 13.6. The number of oxazole rings is 1. The molecule has 248 valence electrons. The molecule has 0 bridgehead atoms. The second-order valence-electron chi connectivity index (χ2n) is 13.6. The number of benzene rings is 9. The standard InChI is InChI=1S/C49H30N2O2/c1-3-12-32(13-4-1)49-50-44-25-21-35-28-41(34-20-19-31-11-7-8-14-33(31)27-34)39-24-22-37(30-43(39)47(35)48(44)53-49)51(36-15-5-2-6-16-36)38-23-26-46-42(29-38)40-17-9-10-18-45(40)52-46/h1-30H. The molecule has 0 atom stereocenters. The van der Waals surface area contributed by atoms with Crippen LogP contribution in [0.2, 0.25) is 0 Å². The highest BCUT2D eigenvalue weighted by atomic mass is 16.3. The fraction of sp³-hybridized carbons (Fsp3) is 0. The van der Waals surface area contributed by atoms with Gasteiger partial charge in [-0.2, -0.15) is 0 Å². The van der Waals surface area contributed by atoms with Gasteiger partial charge in [-0.25, -0.2) is 4.98 Å². The molecule has 4 nitrogen and oxygen atoms in total. The molecule has 9 aromatic carbocycles. The van der Waals surface area contributed by atoms with Gasteiger partial charge in [0.25, 0.3) is 0 Å². The molecule has 0 saturated carbocycles. The summed E-state index contributed by atoms with van der Waals surface area (Å²) < 4.78 is 12.9. The zero-order valence-electron chi connectivity index (χ0n) is 28.5. The van der Waals surface area contributed by atoms with E-state index in [0.717, 1.165) is 77.2 Å². The molecule has 0 spiro atoms. The van der Waals surface area contributed by atoms with E-state index in [4.69, 9.17) is 13.8 Å². The van der Waals surface area contributed by atoms with Crippen molar-refractivity contribution in [3.63, 3.8) is 0 Å². The van der Waals surface area contributed by atoms with E-state index in [0.29, 0.717) is 5.89 Å². The molecule has 0 aliphatic rings. The first-order valence-electron chi connectivity index (χ1n) is 17.9. The Morgan fingerprint density at radius 3 is 1.96 bits per heavy atom. The predicted octanol–water partition coefficient (Wildman–Crippen LogP) is 14.0. The van der Waals surface area contributed by atoms with E-state index in [-0.39, 0.29) is 0 Å². The summed E-state index contributed by atoms with van der Waals surface area (Å²) in [6.07, 6.45) is 0. The Hall–Kier alpha value is -7.17. The van der Waals surface area contributed by atoms with E-state index in [1.807, 2.05) is 42.5 Å². The van der Waals surface area contributed by atoms with Crippen molar-refractivity contribution in [1.29, 1.82) is 0 Å². The van der Waals surface area contributed by atoms with E-state index in [2.05, 4.69) is 144 Å². The third-order valence-corrected chi connectivity index (χ3v) is 10.4. The van der Waals surface area contributed by atoms with Crippen LogP contribution >= 0.6 is 0 Å². The third kappa shape index (κ3) is 4.80. The van der Waals surface area contributed by atoms with Crippen LogP contribution in [0.1, 0.15) is 0 Å². The van der Waals surface area contributed by atoms with Crippen molar-refractivity contribution in [1.82, 2.24) is 4.98 Å². The fourth-order valence-corrected chi connectivity index (χ4v) is 7.93. The number of aromatic nitrogens is 1. The molecule has 2 heterocycles. The van der Waals surface area contributed by atoms with Gasteiger partial charge in [0, 0.05) is 38.8 Å². The summed E-state index contributed by atoms with van der Waals surface area (Å²) >= 11 is 0. The maximum absolute atomic E-state index is 6.69. The number of fused-ring (bicyclic) bond motifs is 9. The highest BCUT2D eigenvalue weighted by Crippen LogP contribution is 2.44. The number of rotatable bonds is 5. The van der Waals surface area contributed by atoms with Crippen LogP contribution in [0.4, 0.5) is 17.1 Å². The molecule has 4 heteroatoms. The summed E-state index contributed by atoms with van der Waals surface area (Å²) in [6.45, 7) is 0. The molecule has 11 aromatic rings. The normalized spacial score (nSPS) is 11.8. The summed E-state index contributed by atoms with van der Waals surface area (Å²) in [5, 5.41) is 9.00. The topological polar surface area (TPSA) is 42.4 Å². The van der Waals surface area contributed by atoms with Gasteiger partial charge in [0.1, 0.15) is 16.7 Å². The van der Waals surface area contributed by atoms with Crippen LogP contribution in [0.3, 0.4) is 0 Å². The first-order chi connectivity index (χ1) is 26.2. The van der Waals surface area contributed by atoms with Gasteiger partial charge in [-0.15, -0.1) is 0 Å². The van der Waals surface area contributed by atoms with Crippen LogP contribution in [0.15, 0.2) is 191 Å². The lowest BCUT2D eigenvalue weighted by molar-refractivity contribution is 0.623. The zero-order chi connectivity index (χ0) is 34.9. The number of para-hydroxylation sites is 2. The predicted molar refractivity (Wildman–Crippen MR) is 219 cm³/mol. The summed E-state index contributed by atoms with van der Waals surface area (Å²) in [7, 11) is 0. The van der Waals surface area contributed by atoms with E-state index >= 15 is 0 Å². The van der Waals surface area contributed by atoms with E-state index < -0.39 is 0 Å². The van der Waals surface area contributed by atoms with Crippen molar-refractivity contribution in [2.75, 3.05) is 4.90 Å². The van der Waals surface area contributed by atoms with Gasteiger partial charge < -0.3 is 13.7 Å². The van der Waals surface area contributed by atoms with Crippen LogP contribution in [-0.2, 0) is 0 Å². The van der Waals surface area contributed by atoms with Gasteiger partial charge in [0.2, 0.25) is 5.89 Å².